The zero-order chi connectivity index (χ0) is 16.5. The van der Waals surface area contributed by atoms with Crippen LogP contribution in [0.2, 0.25) is 0 Å². The summed E-state index contributed by atoms with van der Waals surface area (Å²) >= 11 is 0. The highest BCUT2D eigenvalue weighted by Gasteiger charge is 2.01. The monoisotopic (exact) mass is 309 g/mol. The van der Waals surface area contributed by atoms with Crippen molar-refractivity contribution >= 4 is 17.7 Å². The van der Waals surface area contributed by atoms with E-state index in [4.69, 9.17) is 4.74 Å². The van der Waals surface area contributed by atoms with Crippen molar-refractivity contribution in [1.82, 2.24) is 0 Å². The summed E-state index contributed by atoms with van der Waals surface area (Å²) in [5.74, 6) is 0.592. The van der Waals surface area contributed by atoms with E-state index in [1.165, 1.54) is 24.5 Å². The van der Waals surface area contributed by atoms with Crippen LogP contribution in [0.15, 0.2) is 54.6 Å². The fourth-order valence-corrected chi connectivity index (χ4v) is 2.29. The van der Waals surface area contributed by atoms with Gasteiger partial charge in [-0.15, -0.1) is 0 Å². The molecule has 1 amide bonds. The van der Waals surface area contributed by atoms with Crippen LogP contribution in [0.3, 0.4) is 0 Å². The SMILES string of the molecule is CCCCc1ccc(NC(=O)/C=C/c2ccccc2OC)cc1. The van der Waals surface area contributed by atoms with Gasteiger partial charge in [0.1, 0.15) is 5.75 Å². The number of nitrogens with one attached hydrogen (secondary N) is 1. The van der Waals surface area contributed by atoms with Gasteiger partial charge < -0.3 is 10.1 Å². The van der Waals surface area contributed by atoms with E-state index >= 15 is 0 Å². The number of hydrogen-bond acceptors (Lipinski definition) is 2. The highest BCUT2D eigenvalue weighted by molar-refractivity contribution is 6.02. The Kier molecular flexibility index (Phi) is 6.42. The first-order valence-electron chi connectivity index (χ1n) is 7.94. The van der Waals surface area contributed by atoms with Crippen molar-refractivity contribution in [3.63, 3.8) is 0 Å². The number of hydrogen-bond donors (Lipinski definition) is 1. The quantitative estimate of drug-likeness (QED) is 0.754. The smallest absolute Gasteiger partial charge is 0.248 e. The van der Waals surface area contributed by atoms with Gasteiger partial charge in [0.05, 0.1) is 7.11 Å². The second-order valence-corrected chi connectivity index (χ2v) is 5.37. The molecule has 0 radical (unpaired) electrons. The second kappa shape index (κ2) is 8.79. The van der Waals surface area contributed by atoms with Crippen LogP contribution in [-0.2, 0) is 11.2 Å². The fourth-order valence-electron chi connectivity index (χ4n) is 2.29. The lowest BCUT2D eigenvalue weighted by Gasteiger charge is -2.05. The molecule has 0 saturated carbocycles. The van der Waals surface area contributed by atoms with Crippen molar-refractivity contribution in [2.24, 2.45) is 0 Å². The molecule has 0 bridgehead atoms. The summed E-state index contributed by atoms with van der Waals surface area (Å²) in [6.45, 7) is 2.18. The van der Waals surface area contributed by atoms with Gasteiger partial charge in [0, 0.05) is 17.3 Å². The van der Waals surface area contributed by atoms with E-state index in [9.17, 15) is 4.79 Å². The average Bonchev–Trinajstić information content (AvgIpc) is 2.59. The fraction of sp³-hybridized carbons (Fsp3) is 0.250. The van der Waals surface area contributed by atoms with E-state index in [-0.39, 0.29) is 5.91 Å². The minimum atomic E-state index is -0.155. The van der Waals surface area contributed by atoms with Crippen LogP contribution in [0.1, 0.15) is 30.9 Å². The van der Waals surface area contributed by atoms with Crippen LogP contribution < -0.4 is 10.1 Å². The maximum atomic E-state index is 12.0. The Balaban J connectivity index is 1.95. The zero-order valence-corrected chi connectivity index (χ0v) is 13.7. The number of aryl methyl sites for hydroxylation is 1. The Morgan fingerprint density at radius 2 is 1.87 bits per heavy atom. The van der Waals surface area contributed by atoms with Crippen molar-refractivity contribution in [1.29, 1.82) is 0 Å². The van der Waals surface area contributed by atoms with Gasteiger partial charge in [-0.05, 0) is 42.7 Å². The number of rotatable bonds is 7. The molecule has 2 aromatic rings. The lowest BCUT2D eigenvalue weighted by molar-refractivity contribution is -0.111. The third-order valence-corrected chi connectivity index (χ3v) is 3.59. The topological polar surface area (TPSA) is 38.3 Å². The average molecular weight is 309 g/mol. The number of methoxy groups -OCH3 is 1. The second-order valence-electron chi connectivity index (χ2n) is 5.37. The molecule has 3 heteroatoms. The molecule has 0 aliphatic heterocycles. The van der Waals surface area contributed by atoms with Gasteiger partial charge in [0.2, 0.25) is 5.91 Å². The first-order chi connectivity index (χ1) is 11.2. The standard InChI is InChI=1S/C20H23NO2/c1-3-4-7-16-10-13-18(14-11-16)21-20(22)15-12-17-8-5-6-9-19(17)23-2/h5-6,8-15H,3-4,7H2,1-2H3,(H,21,22)/b15-12+. The third kappa shape index (κ3) is 5.29. The van der Waals surface area contributed by atoms with E-state index < -0.39 is 0 Å². The summed E-state index contributed by atoms with van der Waals surface area (Å²) in [7, 11) is 1.62. The molecule has 0 unspecified atom stereocenters. The molecule has 0 spiro atoms. The lowest BCUT2D eigenvalue weighted by atomic mass is 10.1. The van der Waals surface area contributed by atoms with Crippen LogP contribution in [0.25, 0.3) is 6.08 Å². The predicted octanol–water partition coefficient (Wildman–Crippen LogP) is 4.69. The number of carbonyl (C=O) groups excluding carboxylic acids is 1. The molecule has 2 rings (SSSR count). The van der Waals surface area contributed by atoms with Crippen molar-refractivity contribution in [3.8, 4) is 5.75 Å². The Hall–Kier alpha value is -2.55. The van der Waals surface area contributed by atoms with Gasteiger partial charge in [-0.1, -0.05) is 43.7 Å². The Morgan fingerprint density at radius 1 is 1.13 bits per heavy atom. The normalized spacial score (nSPS) is 10.7. The summed E-state index contributed by atoms with van der Waals surface area (Å²) in [4.78, 5) is 12.0. The van der Waals surface area contributed by atoms with Crippen molar-refractivity contribution in [2.75, 3.05) is 12.4 Å². The van der Waals surface area contributed by atoms with Gasteiger partial charge >= 0.3 is 0 Å². The Bertz CT molecular complexity index is 660. The molecule has 0 saturated heterocycles. The van der Waals surface area contributed by atoms with Crippen LogP contribution >= 0.6 is 0 Å². The lowest BCUT2D eigenvalue weighted by Crippen LogP contribution is -2.07. The summed E-state index contributed by atoms with van der Waals surface area (Å²) in [6, 6.07) is 15.6. The van der Waals surface area contributed by atoms with Crippen LogP contribution in [0.4, 0.5) is 5.69 Å². The number of para-hydroxylation sites is 1. The molecule has 23 heavy (non-hydrogen) atoms. The maximum Gasteiger partial charge on any atom is 0.248 e. The van der Waals surface area contributed by atoms with E-state index in [1.807, 2.05) is 36.4 Å². The van der Waals surface area contributed by atoms with E-state index in [0.717, 1.165) is 23.4 Å². The summed E-state index contributed by atoms with van der Waals surface area (Å²) in [5.41, 5.74) is 2.98. The molecular formula is C20H23NO2. The largest absolute Gasteiger partial charge is 0.496 e. The molecule has 0 aromatic heterocycles. The molecule has 0 heterocycles. The summed E-state index contributed by atoms with van der Waals surface area (Å²) in [6.07, 6.45) is 6.73. The van der Waals surface area contributed by atoms with E-state index in [0.29, 0.717) is 0 Å². The molecule has 3 nitrogen and oxygen atoms in total. The molecule has 2 aromatic carbocycles. The molecule has 0 fully saturated rings. The third-order valence-electron chi connectivity index (χ3n) is 3.59. The predicted molar refractivity (Wildman–Crippen MR) is 95.7 cm³/mol. The van der Waals surface area contributed by atoms with Crippen LogP contribution in [-0.4, -0.2) is 13.0 Å². The minimum absolute atomic E-state index is 0.155. The zero-order valence-electron chi connectivity index (χ0n) is 13.7. The molecule has 0 atom stereocenters. The molecule has 0 aliphatic rings. The van der Waals surface area contributed by atoms with Crippen molar-refractivity contribution < 1.29 is 9.53 Å². The van der Waals surface area contributed by atoms with Gasteiger partial charge in [0.15, 0.2) is 0 Å². The van der Waals surface area contributed by atoms with Crippen molar-refractivity contribution in [3.05, 3.63) is 65.7 Å². The summed E-state index contributed by atoms with van der Waals surface area (Å²) < 4.78 is 5.26. The number of unbranched alkanes of at least 4 members (excludes halogenated alkanes) is 1. The van der Waals surface area contributed by atoms with Crippen LogP contribution in [0, 0.1) is 0 Å². The van der Waals surface area contributed by atoms with Gasteiger partial charge in [-0.25, -0.2) is 0 Å². The number of benzene rings is 2. The highest BCUT2D eigenvalue weighted by atomic mass is 16.5. The Morgan fingerprint density at radius 3 is 2.57 bits per heavy atom. The van der Waals surface area contributed by atoms with Gasteiger partial charge in [-0.3, -0.25) is 4.79 Å². The Labute approximate surface area is 138 Å². The molecule has 120 valence electrons. The number of carbonyl (C=O) groups is 1. The van der Waals surface area contributed by atoms with Gasteiger partial charge in [0.25, 0.3) is 0 Å². The molecular weight excluding hydrogens is 286 g/mol. The first kappa shape index (κ1) is 16.8. The molecule has 0 aliphatic carbocycles. The van der Waals surface area contributed by atoms with Crippen LogP contribution in [0.5, 0.6) is 5.75 Å². The van der Waals surface area contributed by atoms with Gasteiger partial charge in [-0.2, -0.15) is 0 Å². The minimum Gasteiger partial charge on any atom is -0.496 e. The number of ether oxygens (including phenoxy) is 1. The highest BCUT2D eigenvalue weighted by Crippen LogP contribution is 2.18. The molecule has 1 N–H and O–H groups in total. The first-order valence-corrected chi connectivity index (χ1v) is 7.94. The number of amides is 1. The van der Waals surface area contributed by atoms with E-state index in [2.05, 4.69) is 24.4 Å². The van der Waals surface area contributed by atoms with Crippen molar-refractivity contribution in [2.45, 2.75) is 26.2 Å². The number of anilines is 1. The summed E-state index contributed by atoms with van der Waals surface area (Å²) in [5, 5.41) is 2.87. The maximum absolute atomic E-state index is 12.0. The van der Waals surface area contributed by atoms with E-state index in [1.54, 1.807) is 13.2 Å².